The van der Waals surface area contributed by atoms with Gasteiger partial charge in [0.25, 0.3) is 5.69 Å². The van der Waals surface area contributed by atoms with E-state index >= 15 is 0 Å². The summed E-state index contributed by atoms with van der Waals surface area (Å²) >= 11 is 0. The number of nitro benzene ring substituents is 1. The van der Waals surface area contributed by atoms with Crippen molar-refractivity contribution < 1.29 is 32.4 Å². The molecular formula is C25H24FN3O7S. The normalized spacial score (nSPS) is 12.9. The van der Waals surface area contributed by atoms with Gasteiger partial charge in [-0.05, 0) is 48.7 Å². The van der Waals surface area contributed by atoms with Crippen LogP contribution in [0.2, 0.25) is 0 Å². The van der Waals surface area contributed by atoms with E-state index in [0.717, 1.165) is 17.7 Å². The van der Waals surface area contributed by atoms with Crippen LogP contribution in [0.4, 0.5) is 10.1 Å². The van der Waals surface area contributed by atoms with Crippen molar-refractivity contribution in [3.63, 3.8) is 0 Å². The van der Waals surface area contributed by atoms with Crippen LogP contribution in [-0.4, -0.2) is 42.4 Å². The lowest BCUT2D eigenvalue weighted by atomic mass is 10.0. The number of aryl methyl sites for hydroxylation is 1. The summed E-state index contributed by atoms with van der Waals surface area (Å²) in [4.78, 5) is 35.3. The number of halogens is 1. The number of nitro groups is 1. The Hall–Kier alpha value is -4.16. The third kappa shape index (κ3) is 7.66. The van der Waals surface area contributed by atoms with Crippen LogP contribution in [-0.2, 0) is 32.5 Å². The van der Waals surface area contributed by atoms with E-state index < -0.39 is 44.7 Å². The lowest BCUT2D eigenvalue weighted by molar-refractivity contribution is -0.384. The van der Waals surface area contributed by atoms with E-state index in [0.29, 0.717) is 11.1 Å². The number of benzene rings is 3. The first kappa shape index (κ1) is 27.4. The third-order valence-electron chi connectivity index (χ3n) is 5.50. The maximum atomic E-state index is 13.2. The number of carboxylic acid groups (broad SMARTS) is 1. The number of nitrogens with one attached hydrogen (secondary N) is 2. The number of rotatable bonds is 11. The van der Waals surface area contributed by atoms with E-state index in [9.17, 15) is 37.6 Å². The van der Waals surface area contributed by atoms with Crippen LogP contribution in [0.5, 0.6) is 0 Å². The van der Waals surface area contributed by atoms with Crippen molar-refractivity contribution >= 4 is 27.6 Å². The van der Waals surface area contributed by atoms with Gasteiger partial charge in [-0.3, -0.25) is 14.9 Å². The molecule has 12 heteroatoms. The number of hydrogen-bond donors (Lipinski definition) is 3. The highest BCUT2D eigenvalue weighted by Gasteiger charge is 2.30. The molecule has 37 heavy (non-hydrogen) atoms. The summed E-state index contributed by atoms with van der Waals surface area (Å²) in [5, 5.41) is 22.9. The Bertz CT molecular complexity index is 1380. The number of aliphatic carboxylic acids is 1. The summed E-state index contributed by atoms with van der Waals surface area (Å²) < 4.78 is 41.5. The molecule has 0 saturated heterocycles. The maximum Gasteiger partial charge on any atom is 0.326 e. The molecule has 0 aliphatic rings. The van der Waals surface area contributed by atoms with Gasteiger partial charge in [0.2, 0.25) is 15.9 Å². The van der Waals surface area contributed by atoms with Crippen LogP contribution in [0.15, 0.2) is 77.7 Å². The van der Waals surface area contributed by atoms with Crippen LogP contribution >= 0.6 is 0 Å². The number of nitrogens with zero attached hydrogens (tertiary/aromatic N) is 1. The minimum absolute atomic E-state index is 0.0966. The highest BCUT2D eigenvalue weighted by atomic mass is 32.2. The minimum atomic E-state index is -4.19. The second kappa shape index (κ2) is 11.7. The van der Waals surface area contributed by atoms with Crippen molar-refractivity contribution in [2.24, 2.45) is 0 Å². The van der Waals surface area contributed by atoms with Gasteiger partial charge in [-0.15, -0.1) is 0 Å². The summed E-state index contributed by atoms with van der Waals surface area (Å²) in [6.07, 6.45) is -0.381. The Morgan fingerprint density at radius 2 is 1.43 bits per heavy atom. The van der Waals surface area contributed by atoms with Gasteiger partial charge in [0.05, 0.1) is 9.82 Å². The molecule has 0 aliphatic carbocycles. The number of carbonyl (C=O) groups is 2. The van der Waals surface area contributed by atoms with Crippen LogP contribution < -0.4 is 10.0 Å². The molecular weight excluding hydrogens is 505 g/mol. The van der Waals surface area contributed by atoms with Gasteiger partial charge in [0.15, 0.2) is 0 Å². The molecule has 0 bridgehead atoms. The maximum absolute atomic E-state index is 13.2. The lowest BCUT2D eigenvalue weighted by Crippen LogP contribution is -2.53. The number of carbonyl (C=O) groups excluding carboxylic acids is 1. The SMILES string of the molecule is Cc1ccc(S(=O)(=O)N[C@@H](Cc2ccc([N+](=O)[O-])cc2)C(=O)N[C@@H](Cc2ccc(F)cc2)C(=O)O)cc1. The smallest absolute Gasteiger partial charge is 0.326 e. The molecule has 3 aromatic carbocycles. The van der Waals surface area contributed by atoms with E-state index in [1.165, 1.54) is 48.5 Å². The summed E-state index contributed by atoms with van der Waals surface area (Å²) in [6.45, 7) is 1.78. The van der Waals surface area contributed by atoms with Crippen molar-refractivity contribution in [1.82, 2.24) is 10.0 Å². The van der Waals surface area contributed by atoms with E-state index in [2.05, 4.69) is 10.0 Å². The third-order valence-corrected chi connectivity index (χ3v) is 6.99. The zero-order valence-electron chi connectivity index (χ0n) is 19.6. The van der Waals surface area contributed by atoms with Gasteiger partial charge < -0.3 is 10.4 Å². The monoisotopic (exact) mass is 529 g/mol. The second-order valence-electron chi connectivity index (χ2n) is 8.34. The molecule has 0 radical (unpaired) electrons. The quantitative estimate of drug-likeness (QED) is 0.255. The molecule has 2 atom stereocenters. The average molecular weight is 530 g/mol. The van der Waals surface area contributed by atoms with Crippen molar-refractivity contribution in [1.29, 1.82) is 0 Å². The number of amides is 1. The van der Waals surface area contributed by atoms with Crippen LogP contribution in [0.1, 0.15) is 16.7 Å². The molecule has 0 spiro atoms. The molecule has 0 fully saturated rings. The molecule has 0 unspecified atom stereocenters. The van der Waals surface area contributed by atoms with E-state index in [1.54, 1.807) is 19.1 Å². The van der Waals surface area contributed by atoms with E-state index in [1.807, 2.05) is 0 Å². The average Bonchev–Trinajstić information content (AvgIpc) is 2.85. The molecule has 0 aliphatic heterocycles. The Morgan fingerprint density at radius 1 is 0.919 bits per heavy atom. The highest BCUT2D eigenvalue weighted by Crippen LogP contribution is 2.16. The molecule has 3 aromatic rings. The predicted molar refractivity (Wildman–Crippen MR) is 132 cm³/mol. The molecule has 194 valence electrons. The zero-order valence-corrected chi connectivity index (χ0v) is 20.4. The largest absolute Gasteiger partial charge is 0.480 e. The predicted octanol–water partition coefficient (Wildman–Crippen LogP) is 2.74. The Kier molecular flexibility index (Phi) is 8.69. The number of hydrogen-bond acceptors (Lipinski definition) is 6. The Balaban J connectivity index is 1.87. The molecule has 3 N–H and O–H groups in total. The minimum Gasteiger partial charge on any atom is -0.480 e. The summed E-state index contributed by atoms with van der Waals surface area (Å²) in [5.74, 6) is -2.79. The van der Waals surface area contributed by atoms with Gasteiger partial charge in [0.1, 0.15) is 17.9 Å². The molecule has 0 heterocycles. The van der Waals surface area contributed by atoms with Crippen molar-refractivity contribution in [2.45, 2.75) is 36.7 Å². The Morgan fingerprint density at radius 3 is 1.95 bits per heavy atom. The molecule has 0 aromatic heterocycles. The first-order chi connectivity index (χ1) is 17.4. The summed E-state index contributed by atoms with van der Waals surface area (Å²) in [5.41, 5.74) is 1.49. The van der Waals surface area contributed by atoms with E-state index in [4.69, 9.17) is 0 Å². The molecule has 1 amide bonds. The van der Waals surface area contributed by atoms with Gasteiger partial charge in [-0.1, -0.05) is 42.0 Å². The highest BCUT2D eigenvalue weighted by molar-refractivity contribution is 7.89. The standard InChI is InChI=1S/C25H24FN3O7S/c1-16-2-12-21(13-3-16)37(35,36)28-22(14-18-6-10-20(11-7-18)29(33)34)24(30)27-23(25(31)32)15-17-4-8-19(26)9-5-17/h2-13,22-23,28H,14-15H2,1H3,(H,27,30)(H,31,32)/t22-,23-/m0/s1. The fourth-order valence-corrected chi connectivity index (χ4v) is 4.67. The lowest BCUT2D eigenvalue weighted by Gasteiger charge is -2.22. The van der Waals surface area contributed by atoms with Gasteiger partial charge in [-0.2, -0.15) is 4.72 Å². The van der Waals surface area contributed by atoms with Crippen molar-refractivity contribution in [3.8, 4) is 0 Å². The number of non-ortho nitro benzene ring substituents is 1. The van der Waals surface area contributed by atoms with Gasteiger partial charge >= 0.3 is 5.97 Å². The number of sulfonamides is 1. The van der Waals surface area contributed by atoms with Crippen molar-refractivity contribution in [2.75, 3.05) is 0 Å². The fraction of sp³-hybridized carbons (Fsp3) is 0.200. The van der Waals surface area contributed by atoms with Gasteiger partial charge in [-0.25, -0.2) is 17.6 Å². The fourth-order valence-electron chi connectivity index (χ4n) is 3.48. The molecule has 0 saturated carbocycles. The number of carboxylic acids is 1. The molecule has 3 rings (SSSR count). The summed E-state index contributed by atoms with van der Waals surface area (Å²) in [6, 6.07) is 13.3. The van der Waals surface area contributed by atoms with Crippen LogP contribution in [0.25, 0.3) is 0 Å². The van der Waals surface area contributed by atoms with Gasteiger partial charge in [0, 0.05) is 18.6 Å². The van der Waals surface area contributed by atoms with Crippen molar-refractivity contribution in [3.05, 3.63) is 105 Å². The van der Waals surface area contributed by atoms with Crippen LogP contribution in [0.3, 0.4) is 0 Å². The zero-order chi connectivity index (χ0) is 27.2. The molecule has 10 nitrogen and oxygen atoms in total. The topological polar surface area (TPSA) is 156 Å². The Labute approximate surface area is 212 Å². The first-order valence-electron chi connectivity index (χ1n) is 11.0. The first-order valence-corrected chi connectivity index (χ1v) is 12.5. The van der Waals surface area contributed by atoms with Crippen LogP contribution in [0, 0.1) is 22.9 Å². The van der Waals surface area contributed by atoms with E-state index in [-0.39, 0.29) is 23.4 Å². The summed E-state index contributed by atoms with van der Waals surface area (Å²) in [7, 11) is -4.19. The second-order valence-corrected chi connectivity index (χ2v) is 10.1.